The molecule has 0 unspecified atom stereocenters. The quantitative estimate of drug-likeness (QED) is 0.771. The molecule has 0 saturated heterocycles. The molecule has 0 N–H and O–H groups in total. The average molecular weight is 262 g/mol. The van der Waals surface area contributed by atoms with Crippen LogP contribution < -0.4 is 4.74 Å². The highest BCUT2D eigenvalue weighted by molar-refractivity contribution is 5.86. The van der Waals surface area contributed by atoms with Gasteiger partial charge >= 0.3 is 5.97 Å². The maximum absolute atomic E-state index is 11.2. The molecule has 2 aromatic heterocycles. The molecule has 0 spiro atoms. The summed E-state index contributed by atoms with van der Waals surface area (Å²) in [5.41, 5.74) is 0.150. The van der Waals surface area contributed by atoms with Crippen molar-refractivity contribution in [1.82, 2.24) is 19.7 Å². The number of hydrogen-bond acceptors (Lipinski definition) is 6. The Bertz CT molecular complexity index is 563. The van der Waals surface area contributed by atoms with Crippen molar-refractivity contribution >= 4 is 5.97 Å². The van der Waals surface area contributed by atoms with E-state index in [2.05, 4.69) is 19.8 Å². The zero-order valence-electron chi connectivity index (χ0n) is 10.9. The lowest BCUT2D eigenvalue weighted by atomic mass is 10.4. The summed E-state index contributed by atoms with van der Waals surface area (Å²) in [6, 6.07) is 0. The van der Waals surface area contributed by atoms with Crippen LogP contribution in [-0.4, -0.2) is 38.9 Å². The summed E-state index contributed by atoms with van der Waals surface area (Å²) < 4.78 is 11.6. The van der Waals surface area contributed by atoms with E-state index in [9.17, 15) is 4.79 Å². The van der Waals surface area contributed by atoms with Crippen molar-refractivity contribution in [2.45, 2.75) is 20.0 Å². The molecule has 2 aromatic rings. The molecule has 0 atom stereocenters. The number of nitrogens with zero attached hydrogens (tertiary/aromatic N) is 4. The fraction of sp³-hybridized carbons (Fsp3) is 0.333. The van der Waals surface area contributed by atoms with Crippen LogP contribution in [0.25, 0.3) is 5.82 Å². The predicted molar refractivity (Wildman–Crippen MR) is 66.3 cm³/mol. The lowest BCUT2D eigenvalue weighted by Gasteiger charge is -2.05. The van der Waals surface area contributed by atoms with Crippen molar-refractivity contribution in [2.24, 2.45) is 0 Å². The normalized spacial score (nSPS) is 10.5. The van der Waals surface area contributed by atoms with Crippen molar-refractivity contribution in [3.8, 4) is 11.6 Å². The molecule has 0 aliphatic carbocycles. The molecule has 7 nitrogen and oxygen atoms in total. The van der Waals surface area contributed by atoms with Gasteiger partial charge in [0.05, 0.1) is 38.0 Å². The van der Waals surface area contributed by atoms with E-state index in [4.69, 9.17) is 4.74 Å². The number of carbonyl (C=O) groups excluding carboxylic acids is 1. The fourth-order valence-corrected chi connectivity index (χ4v) is 1.41. The monoisotopic (exact) mass is 262 g/mol. The van der Waals surface area contributed by atoms with Crippen LogP contribution in [0.3, 0.4) is 0 Å². The van der Waals surface area contributed by atoms with Crippen LogP contribution in [0.5, 0.6) is 5.75 Å². The van der Waals surface area contributed by atoms with Gasteiger partial charge in [0.1, 0.15) is 0 Å². The van der Waals surface area contributed by atoms with Crippen molar-refractivity contribution in [2.75, 3.05) is 7.11 Å². The number of aromatic nitrogens is 4. The van der Waals surface area contributed by atoms with Crippen LogP contribution >= 0.6 is 0 Å². The first kappa shape index (κ1) is 13.0. The van der Waals surface area contributed by atoms with Crippen LogP contribution in [0.15, 0.2) is 24.8 Å². The minimum Gasteiger partial charge on any atom is -0.488 e. The zero-order valence-corrected chi connectivity index (χ0v) is 10.9. The van der Waals surface area contributed by atoms with Gasteiger partial charge in [0.25, 0.3) is 0 Å². The van der Waals surface area contributed by atoms with E-state index < -0.39 is 5.97 Å². The van der Waals surface area contributed by atoms with Crippen molar-refractivity contribution in [1.29, 1.82) is 0 Å². The minimum atomic E-state index is -0.525. The molecule has 0 bridgehead atoms. The summed E-state index contributed by atoms with van der Waals surface area (Å²) >= 11 is 0. The Kier molecular flexibility index (Phi) is 3.74. The van der Waals surface area contributed by atoms with E-state index in [0.29, 0.717) is 11.6 Å². The standard InChI is InChI=1S/C12H14N4O3/c1-8(2)19-9-4-15-16(7-9)11-6-13-10(5-14-11)12(17)18-3/h4-8H,1-3H3. The highest BCUT2D eigenvalue weighted by Gasteiger charge is 2.09. The van der Waals surface area contributed by atoms with Gasteiger partial charge in [-0.25, -0.2) is 19.4 Å². The first-order chi connectivity index (χ1) is 9.10. The van der Waals surface area contributed by atoms with E-state index in [1.807, 2.05) is 13.8 Å². The number of esters is 1. The summed E-state index contributed by atoms with van der Waals surface area (Å²) in [6.45, 7) is 3.87. The van der Waals surface area contributed by atoms with Gasteiger partial charge in [0.15, 0.2) is 17.3 Å². The number of hydrogen-bond donors (Lipinski definition) is 0. The van der Waals surface area contributed by atoms with Crippen LogP contribution in [-0.2, 0) is 4.74 Å². The van der Waals surface area contributed by atoms with Gasteiger partial charge in [-0.3, -0.25) is 0 Å². The number of carbonyl (C=O) groups is 1. The molecule has 0 saturated carbocycles. The van der Waals surface area contributed by atoms with Gasteiger partial charge in [-0.05, 0) is 13.8 Å². The van der Waals surface area contributed by atoms with Crippen LogP contribution in [0.4, 0.5) is 0 Å². The SMILES string of the molecule is COC(=O)c1cnc(-n2cc(OC(C)C)cn2)cn1. The molecular weight excluding hydrogens is 248 g/mol. The van der Waals surface area contributed by atoms with Crippen LogP contribution in [0.1, 0.15) is 24.3 Å². The van der Waals surface area contributed by atoms with Gasteiger partial charge < -0.3 is 9.47 Å². The first-order valence-corrected chi connectivity index (χ1v) is 5.72. The van der Waals surface area contributed by atoms with E-state index in [0.717, 1.165) is 0 Å². The zero-order chi connectivity index (χ0) is 13.8. The molecule has 2 rings (SSSR count). The van der Waals surface area contributed by atoms with Crippen molar-refractivity contribution in [3.63, 3.8) is 0 Å². The van der Waals surface area contributed by atoms with Gasteiger partial charge in [-0.2, -0.15) is 5.10 Å². The Morgan fingerprint density at radius 2 is 2.05 bits per heavy atom. The third-order valence-electron chi connectivity index (χ3n) is 2.20. The molecule has 0 aliphatic heterocycles. The highest BCUT2D eigenvalue weighted by atomic mass is 16.5. The smallest absolute Gasteiger partial charge is 0.358 e. The highest BCUT2D eigenvalue weighted by Crippen LogP contribution is 2.13. The maximum Gasteiger partial charge on any atom is 0.358 e. The number of methoxy groups -OCH3 is 1. The van der Waals surface area contributed by atoms with E-state index in [-0.39, 0.29) is 11.8 Å². The minimum absolute atomic E-state index is 0.0745. The Morgan fingerprint density at radius 1 is 1.26 bits per heavy atom. The molecule has 0 aromatic carbocycles. The van der Waals surface area contributed by atoms with Gasteiger partial charge in [-0.1, -0.05) is 0 Å². The second-order valence-electron chi connectivity index (χ2n) is 4.04. The lowest BCUT2D eigenvalue weighted by molar-refractivity contribution is 0.0593. The molecular formula is C12H14N4O3. The molecule has 7 heteroatoms. The molecule has 0 amide bonds. The number of ether oxygens (including phenoxy) is 2. The lowest BCUT2D eigenvalue weighted by Crippen LogP contribution is -2.07. The summed E-state index contributed by atoms with van der Waals surface area (Å²) in [7, 11) is 1.29. The van der Waals surface area contributed by atoms with E-state index in [1.165, 1.54) is 24.2 Å². The Hall–Kier alpha value is -2.44. The third-order valence-corrected chi connectivity index (χ3v) is 2.20. The van der Waals surface area contributed by atoms with Crippen LogP contribution in [0, 0.1) is 0 Å². The molecule has 19 heavy (non-hydrogen) atoms. The van der Waals surface area contributed by atoms with Gasteiger partial charge in [-0.15, -0.1) is 0 Å². The molecule has 100 valence electrons. The second-order valence-corrected chi connectivity index (χ2v) is 4.04. The molecule has 0 radical (unpaired) electrons. The summed E-state index contributed by atoms with van der Waals surface area (Å²) in [4.78, 5) is 19.3. The van der Waals surface area contributed by atoms with E-state index >= 15 is 0 Å². The Balaban J connectivity index is 2.18. The predicted octanol–water partition coefficient (Wildman–Crippen LogP) is 1.24. The summed E-state index contributed by atoms with van der Waals surface area (Å²) in [5, 5.41) is 4.11. The van der Waals surface area contributed by atoms with Crippen LogP contribution in [0.2, 0.25) is 0 Å². The van der Waals surface area contributed by atoms with Crippen molar-refractivity contribution < 1.29 is 14.3 Å². The molecule has 0 aliphatic rings. The number of rotatable bonds is 4. The van der Waals surface area contributed by atoms with Gasteiger partial charge in [0.2, 0.25) is 0 Å². The summed E-state index contributed by atoms with van der Waals surface area (Å²) in [5.74, 6) is 0.614. The average Bonchev–Trinajstić information content (AvgIpc) is 2.85. The molecule has 2 heterocycles. The van der Waals surface area contributed by atoms with Crippen molar-refractivity contribution in [3.05, 3.63) is 30.5 Å². The second kappa shape index (κ2) is 5.47. The summed E-state index contributed by atoms with van der Waals surface area (Å²) in [6.07, 6.45) is 6.15. The third kappa shape index (κ3) is 3.06. The Morgan fingerprint density at radius 3 is 2.63 bits per heavy atom. The topological polar surface area (TPSA) is 79.1 Å². The first-order valence-electron chi connectivity index (χ1n) is 5.72. The largest absolute Gasteiger partial charge is 0.488 e. The fourth-order valence-electron chi connectivity index (χ4n) is 1.41. The van der Waals surface area contributed by atoms with Gasteiger partial charge in [0, 0.05) is 0 Å². The van der Waals surface area contributed by atoms with E-state index in [1.54, 1.807) is 12.4 Å². The molecule has 0 fully saturated rings. The Labute approximate surface area is 110 Å². The maximum atomic E-state index is 11.2.